The van der Waals surface area contributed by atoms with Crippen LogP contribution in [0.5, 0.6) is 0 Å². The fourth-order valence-electron chi connectivity index (χ4n) is 9.07. The van der Waals surface area contributed by atoms with Gasteiger partial charge in [-0.15, -0.1) is 0 Å². The standard InChI is InChI=1S/C46H61FN20O16P2S2/c1-22(2)30(62-28(68)14-59-63-51)41(70)61-25(6-5-11-52-44(50)71)40(69)60-24-9-7-23(8-10-24)15-76-45(72)64(3)12-13-65(4)46(73)81-35-34-27(80-43(35)67-21-58-32-37(49)54-19-56-39(32)67)17-78-84(74,86)82-33-26(16-77-85(75,87)83-34)79-42(29(33)47)66-20-57-31-36(48)53-18-55-38(31)66/h7-10,18-22,25-27,29-30,33-35,42-43H,5-6,11-17H2,1-4H3,(H,60,69)(H,61,70)(H,62,68)(H,74,86)(H,75,87)(H2,48,53,55)(H2,49,54,56)(H3,50,52,71)/t25-,26+,27?,29+,30-,33+,34+,35+,42+,43+,84?,85?/m0/s1. The molecule has 3 saturated heterocycles. The number of amides is 7. The van der Waals surface area contributed by atoms with Gasteiger partial charge in [-0.3, -0.25) is 37.1 Å². The van der Waals surface area contributed by atoms with Gasteiger partial charge in [-0.05, 0) is 53.8 Å². The molecule has 11 N–H and O–H groups in total. The lowest BCUT2D eigenvalue weighted by Gasteiger charge is -2.31. The molecule has 0 radical (unpaired) electrons. The van der Waals surface area contributed by atoms with Crippen LogP contribution in [0.3, 0.4) is 0 Å². The van der Waals surface area contributed by atoms with E-state index in [1.165, 1.54) is 52.9 Å². The number of nitrogen functional groups attached to an aromatic ring is 2. The highest BCUT2D eigenvalue weighted by molar-refractivity contribution is 8.44. The van der Waals surface area contributed by atoms with Gasteiger partial charge in [-0.2, -0.15) is 0 Å². The second-order valence-corrected chi connectivity index (χ2v) is 25.7. The molecule has 41 heteroatoms. The Bertz CT molecular complexity index is 3500. The molecule has 0 bridgehead atoms. The molecule has 3 fully saturated rings. The van der Waals surface area contributed by atoms with Gasteiger partial charge in [-0.25, -0.2) is 53.2 Å². The van der Waals surface area contributed by atoms with Crippen LogP contribution in [0, 0.1) is 5.92 Å². The fourth-order valence-corrected chi connectivity index (χ4v) is 12.0. The second-order valence-electron chi connectivity index (χ2n) is 20.0. The SMILES string of the molecule is CC(C)[C@H](NC(=O)CN=[N+]=[N-])C(=O)N[C@@H](CCCNC(N)=O)C(=O)Nc1ccc(COC(=O)N(C)CCN(C)C(=O)O[C@@H]2[C@@H]3OP(O)(=S)OC[C@H]4O[C@@H](n5cnc6c(N)ncnc65)[C@H](F)[C@@H]4OP(=O)(S)OCC3O[C@H]2n2cnc3c(N)ncnc32)cc1. The number of nitrogens with two attached hydrogens (primary N) is 3. The first-order valence-corrected chi connectivity index (χ1v) is 31.6. The van der Waals surface area contributed by atoms with E-state index >= 15 is 4.39 Å². The Balaban J connectivity index is 0.897. The number of imidazole rings is 2. The highest BCUT2D eigenvalue weighted by Crippen LogP contribution is 2.59. The van der Waals surface area contributed by atoms with Crippen molar-refractivity contribution in [1.29, 1.82) is 0 Å². The van der Waals surface area contributed by atoms with Gasteiger partial charge in [0.15, 0.2) is 47.7 Å². The third-order valence-electron chi connectivity index (χ3n) is 13.5. The van der Waals surface area contributed by atoms with Crippen LogP contribution >= 0.6 is 25.8 Å². The lowest BCUT2D eigenvalue weighted by molar-refractivity contribution is -0.131. The number of likely N-dealkylation sites (N-methyl/N-ethyl adjacent to an activating group) is 2. The van der Waals surface area contributed by atoms with E-state index in [9.17, 15) is 38.2 Å². The third-order valence-corrected chi connectivity index (χ3v) is 16.7. The number of halogens is 1. The highest BCUT2D eigenvalue weighted by Gasteiger charge is 2.55. The Morgan fingerprint density at radius 1 is 0.885 bits per heavy atom. The smallest absolute Gasteiger partial charge is 0.410 e. The number of aromatic nitrogens is 8. The molecular weight excluding hydrogens is 1230 g/mol. The van der Waals surface area contributed by atoms with Gasteiger partial charge in [0.25, 0.3) is 0 Å². The van der Waals surface area contributed by atoms with Crippen LogP contribution in [0.2, 0.25) is 0 Å². The number of hydrogen-bond donors (Lipinski definition) is 9. The molecular formula is C46H61FN20O16P2S2. The normalized spacial score (nSPS) is 25.3. The Kier molecular flexibility index (Phi) is 21.4. The van der Waals surface area contributed by atoms with E-state index in [2.05, 4.69) is 73.4 Å². The summed E-state index contributed by atoms with van der Waals surface area (Å²) >= 11 is 9.61. The number of nitrogens with one attached hydrogen (secondary N) is 4. The molecule has 36 nitrogen and oxygen atoms in total. The Morgan fingerprint density at radius 3 is 2.10 bits per heavy atom. The van der Waals surface area contributed by atoms with Gasteiger partial charge in [0.05, 0.1) is 25.9 Å². The summed E-state index contributed by atoms with van der Waals surface area (Å²) in [5.41, 5.74) is 27.0. The van der Waals surface area contributed by atoms with Crippen LogP contribution in [0.15, 0.2) is 54.7 Å². The number of azide groups is 1. The predicted molar refractivity (Wildman–Crippen MR) is 307 cm³/mol. The fraction of sp³-hybridized carbons (Fsp3) is 0.522. The second kappa shape index (κ2) is 28.4. The summed E-state index contributed by atoms with van der Waals surface area (Å²) in [5.74, 6) is -2.47. The molecule has 0 aliphatic carbocycles. The van der Waals surface area contributed by atoms with Crippen LogP contribution in [0.1, 0.15) is 44.7 Å². The zero-order valence-electron chi connectivity index (χ0n) is 46.6. The number of primary amides is 1. The average Bonchev–Trinajstić information content (AvgIpc) is 1.72. The third kappa shape index (κ3) is 16.3. The van der Waals surface area contributed by atoms with E-state index in [1.807, 2.05) is 0 Å². The van der Waals surface area contributed by atoms with Crippen molar-refractivity contribution in [2.24, 2.45) is 16.8 Å². The van der Waals surface area contributed by atoms with Gasteiger partial charge < -0.3 is 76.6 Å². The molecule has 7 heterocycles. The van der Waals surface area contributed by atoms with Gasteiger partial charge in [0.2, 0.25) is 17.7 Å². The molecule has 3 aliphatic rings. The summed E-state index contributed by atoms with van der Waals surface area (Å²) in [4.78, 5) is 119. The number of nitrogens with zero attached hydrogens (tertiary/aromatic N) is 13. The quantitative estimate of drug-likeness (QED) is 0.0134. The maximum Gasteiger partial charge on any atom is 0.410 e. The summed E-state index contributed by atoms with van der Waals surface area (Å²) in [7, 11) is 2.77. The van der Waals surface area contributed by atoms with Crippen LogP contribution < -0.4 is 38.5 Å². The number of ether oxygens (including phenoxy) is 4. The van der Waals surface area contributed by atoms with E-state index in [-0.39, 0.29) is 73.0 Å². The number of rotatable bonds is 20. The first kappa shape index (κ1) is 65.3. The monoisotopic (exact) mass is 1290 g/mol. The van der Waals surface area contributed by atoms with Crippen molar-refractivity contribution in [3.8, 4) is 0 Å². The maximum atomic E-state index is 16.5. The number of thiol groups is 1. The van der Waals surface area contributed by atoms with Crippen LogP contribution in [0.4, 0.5) is 36.1 Å². The van der Waals surface area contributed by atoms with Crippen molar-refractivity contribution in [3.05, 3.63) is 65.6 Å². The van der Waals surface area contributed by atoms with E-state index in [4.69, 9.17) is 71.6 Å². The Hall–Kier alpha value is -7.67. The summed E-state index contributed by atoms with van der Waals surface area (Å²) in [5, 5.41) is 13.5. The van der Waals surface area contributed by atoms with Gasteiger partial charge in [0, 0.05) is 44.3 Å². The number of carbonyl (C=O) groups excluding carboxylic acids is 6. The molecule has 7 amide bonds. The van der Waals surface area contributed by atoms with E-state index in [0.29, 0.717) is 11.3 Å². The lowest BCUT2D eigenvalue weighted by atomic mass is 10.0. The number of hydrogen-bond acceptors (Lipinski definition) is 25. The molecule has 8 rings (SSSR count). The summed E-state index contributed by atoms with van der Waals surface area (Å²) in [6, 6.07) is 3.18. The van der Waals surface area contributed by atoms with Gasteiger partial charge in [0.1, 0.15) is 73.3 Å². The highest BCUT2D eigenvalue weighted by atomic mass is 32.7. The minimum atomic E-state index is -4.59. The Morgan fingerprint density at radius 2 is 1.48 bits per heavy atom. The molecule has 3 unspecified atom stereocenters. The molecule has 3 aliphatic heterocycles. The van der Waals surface area contributed by atoms with E-state index < -0.39 is 136 Å². The number of urea groups is 1. The molecule has 5 aromatic rings. The van der Waals surface area contributed by atoms with E-state index in [1.54, 1.807) is 26.0 Å². The molecule has 4 aromatic heterocycles. The van der Waals surface area contributed by atoms with E-state index in [0.717, 1.165) is 17.6 Å². The van der Waals surface area contributed by atoms with Crippen molar-refractivity contribution >= 4 is 113 Å². The van der Waals surface area contributed by atoms with Crippen LogP contribution in [-0.4, -0.2) is 192 Å². The number of carbonyl (C=O) groups is 6. The molecule has 1 aromatic carbocycles. The maximum absolute atomic E-state index is 16.5. The minimum Gasteiger partial charge on any atom is -0.445 e. The first-order valence-electron chi connectivity index (χ1n) is 26.3. The lowest BCUT2D eigenvalue weighted by Crippen LogP contribution is -2.55. The zero-order valence-corrected chi connectivity index (χ0v) is 50.1. The average molecular weight is 1300 g/mol. The summed E-state index contributed by atoms with van der Waals surface area (Å²) in [6.07, 6.45) is -9.65. The van der Waals surface area contributed by atoms with Crippen molar-refractivity contribution < 1.29 is 79.7 Å². The zero-order chi connectivity index (χ0) is 62.9. The molecule has 0 spiro atoms. The first-order chi connectivity index (χ1) is 41.3. The molecule has 470 valence electrons. The number of alkyl halides is 1. The van der Waals surface area contributed by atoms with Crippen LogP contribution in [0.25, 0.3) is 32.8 Å². The summed E-state index contributed by atoms with van der Waals surface area (Å²) < 4.78 is 80.2. The van der Waals surface area contributed by atoms with Crippen molar-refractivity contribution in [2.75, 3.05) is 70.3 Å². The molecule has 87 heavy (non-hydrogen) atoms. The van der Waals surface area contributed by atoms with Crippen molar-refractivity contribution in [2.45, 2.75) is 94.5 Å². The number of benzene rings is 1. The van der Waals surface area contributed by atoms with Crippen molar-refractivity contribution in [3.63, 3.8) is 0 Å². The minimum absolute atomic E-state index is 0.00623. The number of fused-ring (bicyclic) bond motifs is 4. The number of anilines is 3. The summed E-state index contributed by atoms with van der Waals surface area (Å²) in [6.45, 7) is -8.14. The van der Waals surface area contributed by atoms with Crippen LogP contribution in [-0.2, 0) is 74.4 Å². The largest absolute Gasteiger partial charge is 0.445 e. The Labute approximate surface area is 502 Å². The van der Waals surface area contributed by atoms with Gasteiger partial charge in [-0.1, -0.05) is 43.3 Å². The molecule has 0 saturated carbocycles. The van der Waals surface area contributed by atoms with Crippen molar-refractivity contribution in [1.82, 2.24) is 64.8 Å². The predicted octanol–water partition coefficient (Wildman–Crippen LogP) is 2.06. The van der Waals surface area contributed by atoms with Gasteiger partial charge >= 0.3 is 31.7 Å². The molecule has 12 atom stereocenters. The topological polar surface area (TPSA) is 482 Å².